The molecule has 0 radical (unpaired) electrons. The molecule has 4 heteroatoms. The molecule has 0 aliphatic rings. The van der Waals surface area contributed by atoms with Crippen molar-refractivity contribution in [1.82, 2.24) is 9.55 Å². The van der Waals surface area contributed by atoms with Crippen LogP contribution in [-0.2, 0) is 12.0 Å². The van der Waals surface area contributed by atoms with E-state index < -0.39 is 0 Å². The van der Waals surface area contributed by atoms with Crippen molar-refractivity contribution in [2.75, 3.05) is 0 Å². The number of rotatable bonds is 7. The highest BCUT2D eigenvalue weighted by molar-refractivity contribution is 7.99. The first-order valence-corrected chi connectivity index (χ1v) is 10.3. The van der Waals surface area contributed by atoms with Crippen LogP contribution in [0.5, 0.6) is 0 Å². The minimum atomic E-state index is -0.185. The summed E-state index contributed by atoms with van der Waals surface area (Å²) in [4.78, 5) is 5.35. The van der Waals surface area contributed by atoms with Gasteiger partial charge in [-0.2, -0.15) is 0 Å². The van der Waals surface area contributed by atoms with E-state index in [4.69, 9.17) is 0 Å². The Hall–Kier alpha value is -2.07. The second-order valence-corrected chi connectivity index (χ2v) is 9.15. The van der Waals surface area contributed by atoms with E-state index >= 15 is 0 Å². The summed E-state index contributed by atoms with van der Waals surface area (Å²) in [5, 5.41) is 0.301. The molecular weight excluding hydrogens is 355 g/mol. The highest BCUT2D eigenvalue weighted by Crippen LogP contribution is 2.39. The minimum absolute atomic E-state index is 0.157. The lowest BCUT2D eigenvalue weighted by atomic mass is 9.87. The van der Waals surface area contributed by atoms with Gasteiger partial charge in [-0.25, -0.2) is 9.37 Å². The molecule has 27 heavy (non-hydrogen) atoms. The number of halogens is 1. The Morgan fingerprint density at radius 2 is 1.74 bits per heavy atom. The topological polar surface area (TPSA) is 17.8 Å². The van der Waals surface area contributed by atoms with E-state index in [9.17, 15) is 4.39 Å². The number of hydrogen-bond acceptors (Lipinski definition) is 2. The molecule has 1 heterocycles. The summed E-state index contributed by atoms with van der Waals surface area (Å²) in [6, 6.07) is 15.8. The molecule has 0 fully saturated rings. The van der Waals surface area contributed by atoms with E-state index in [1.807, 2.05) is 42.6 Å². The van der Waals surface area contributed by atoms with E-state index in [2.05, 4.69) is 54.6 Å². The Bertz CT molecular complexity index is 818. The highest BCUT2D eigenvalue weighted by Gasteiger charge is 2.16. The van der Waals surface area contributed by atoms with Crippen molar-refractivity contribution in [1.29, 1.82) is 0 Å². The zero-order chi connectivity index (χ0) is 19.3. The lowest BCUT2D eigenvalue weighted by Gasteiger charge is -2.21. The number of benzene rings is 2. The SMILES string of the molecule is CC(C)(C)c1ccc(SC(CCCn2ccnc2)c2ccc(F)cc2)cc1. The van der Waals surface area contributed by atoms with Gasteiger partial charge in [0.05, 0.1) is 6.33 Å². The fraction of sp³-hybridized carbons (Fsp3) is 0.348. The van der Waals surface area contributed by atoms with Crippen LogP contribution in [0.3, 0.4) is 0 Å². The first kappa shape index (κ1) is 19.7. The standard InChI is InChI=1S/C23H27FN2S/c1-23(2,3)19-8-12-21(13-9-19)27-22(18-6-10-20(24)11-7-18)5-4-15-26-16-14-25-17-26/h6-14,16-17,22H,4-5,15H2,1-3H3. The molecule has 0 saturated heterocycles. The molecule has 142 valence electrons. The minimum Gasteiger partial charge on any atom is -0.337 e. The summed E-state index contributed by atoms with van der Waals surface area (Å²) in [6.07, 6.45) is 7.72. The molecule has 0 amide bonds. The summed E-state index contributed by atoms with van der Waals surface area (Å²) in [5.74, 6) is -0.185. The molecule has 2 aromatic carbocycles. The molecule has 3 rings (SSSR count). The maximum atomic E-state index is 13.4. The molecule has 1 atom stereocenters. The van der Waals surface area contributed by atoms with Crippen molar-refractivity contribution in [3.05, 3.63) is 84.2 Å². The van der Waals surface area contributed by atoms with Gasteiger partial charge in [0.1, 0.15) is 5.82 Å². The van der Waals surface area contributed by atoms with E-state index in [-0.39, 0.29) is 11.2 Å². The first-order chi connectivity index (χ1) is 12.9. The fourth-order valence-corrected chi connectivity index (χ4v) is 4.25. The normalized spacial score (nSPS) is 12.9. The summed E-state index contributed by atoms with van der Waals surface area (Å²) >= 11 is 1.86. The van der Waals surface area contributed by atoms with Crippen LogP contribution in [0.15, 0.2) is 72.1 Å². The van der Waals surface area contributed by atoms with Crippen molar-refractivity contribution < 1.29 is 4.39 Å². The largest absolute Gasteiger partial charge is 0.337 e. The van der Waals surface area contributed by atoms with Crippen molar-refractivity contribution in [3.63, 3.8) is 0 Å². The second kappa shape index (κ2) is 8.75. The van der Waals surface area contributed by atoms with Crippen LogP contribution in [0.4, 0.5) is 4.39 Å². The van der Waals surface area contributed by atoms with Crippen LogP contribution in [0, 0.1) is 5.82 Å². The van der Waals surface area contributed by atoms with E-state index in [0.717, 1.165) is 19.4 Å². The van der Waals surface area contributed by atoms with Crippen LogP contribution >= 0.6 is 11.8 Å². The molecular formula is C23H27FN2S. The zero-order valence-corrected chi connectivity index (χ0v) is 17.0. The third kappa shape index (κ3) is 5.70. The van der Waals surface area contributed by atoms with Crippen molar-refractivity contribution in [2.24, 2.45) is 0 Å². The molecule has 0 aliphatic heterocycles. The Kier molecular flexibility index (Phi) is 6.38. The summed E-state index contributed by atoms with van der Waals surface area (Å²) in [6.45, 7) is 7.63. The van der Waals surface area contributed by atoms with Crippen LogP contribution < -0.4 is 0 Å². The highest BCUT2D eigenvalue weighted by atomic mass is 32.2. The maximum absolute atomic E-state index is 13.4. The van der Waals surface area contributed by atoms with E-state index in [0.29, 0.717) is 5.25 Å². The number of nitrogens with zero attached hydrogens (tertiary/aromatic N) is 2. The lowest BCUT2D eigenvalue weighted by molar-refractivity contribution is 0.589. The van der Waals surface area contributed by atoms with Crippen LogP contribution in [-0.4, -0.2) is 9.55 Å². The predicted octanol–water partition coefficient (Wildman–Crippen LogP) is 6.63. The molecule has 3 aromatic rings. The number of hydrogen-bond donors (Lipinski definition) is 0. The maximum Gasteiger partial charge on any atom is 0.123 e. The lowest BCUT2D eigenvalue weighted by Crippen LogP contribution is -2.10. The Morgan fingerprint density at radius 3 is 2.33 bits per heavy atom. The van der Waals surface area contributed by atoms with Gasteiger partial charge in [-0.1, -0.05) is 45.0 Å². The number of thioether (sulfide) groups is 1. The molecule has 0 N–H and O–H groups in total. The molecule has 0 bridgehead atoms. The monoisotopic (exact) mass is 382 g/mol. The fourth-order valence-electron chi connectivity index (χ4n) is 3.05. The van der Waals surface area contributed by atoms with Gasteiger partial charge in [-0.3, -0.25) is 0 Å². The predicted molar refractivity (Wildman–Crippen MR) is 112 cm³/mol. The quantitative estimate of drug-likeness (QED) is 0.427. The average Bonchev–Trinajstić information content (AvgIpc) is 3.15. The zero-order valence-electron chi connectivity index (χ0n) is 16.2. The van der Waals surface area contributed by atoms with Gasteiger partial charge in [0, 0.05) is 29.1 Å². The van der Waals surface area contributed by atoms with Crippen LogP contribution in [0.25, 0.3) is 0 Å². The number of aromatic nitrogens is 2. The molecule has 1 unspecified atom stereocenters. The third-order valence-electron chi connectivity index (χ3n) is 4.68. The smallest absolute Gasteiger partial charge is 0.123 e. The van der Waals surface area contributed by atoms with Gasteiger partial charge in [0.2, 0.25) is 0 Å². The summed E-state index contributed by atoms with van der Waals surface area (Å²) in [5.41, 5.74) is 2.67. The first-order valence-electron chi connectivity index (χ1n) is 9.40. The van der Waals surface area contributed by atoms with Gasteiger partial charge in [0.25, 0.3) is 0 Å². The Balaban J connectivity index is 1.71. The van der Waals surface area contributed by atoms with Crippen molar-refractivity contribution in [2.45, 2.75) is 55.7 Å². The Morgan fingerprint density at radius 1 is 1.04 bits per heavy atom. The molecule has 2 nitrogen and oxygen atoms in total. The van der Waals surface area contributed by atoms with E-state index in [1.54, 1.807) is 12.1 Å². The molecule has 1 aromatic heterocycles. The summed E-state index contributed by atoms with van der Waals surface area (Å²) in [7, 11) is 0. The van der Waals surface area contributed by atoms with Crippen molar-refractivity contribution in [3.8, 4) is 0 Å². The Labute approximate surface area is 165 Å². The van der Waals surface area contributed by atoms with Gasteiger partial charge in [-0.15, -0.1) is 11.8 Å². The van der Waals surface area contributed by atoms with E-state index in [1.165, 1.54) is 16.0 Å². The van der Waals surface area contributed by atoms with Crippen LogP contribution in [0.2, 0.25) is 0 Å². The van der Waals surface area contributed by atoms with Gasteiger partial charge in [-0.05, 0) is 53.6 Å². The molecule has 0 spiro atoms. The average molecular weight is 383 g/mol. The number of imidazole rings is 1. The van der Waals surface area contributed by atoms with Crippen molar-refractivity contribution >= 4 is 11.8 Å². The third-order valence-corrected chi connectivity index (χ3v) is 6.02. The second-order valence-electron chi connectivity index (χ2n) is 7.88. The van der Waals surface area contributed by atoms with Gasteiger partial charge < -0.3 is 4.57 Å². The van der Waals surface area contributed by atoms with Crippen LogP contribution in [0.1, 0.15) is 50.0 Å². The summed E-state index contributed by atoms with van der Waals surface area (Å²) < 4.78 is 15.5. The van der Waals surface area contributed by atoms with Gasteiger partial charge in [0.15, 0.2) is 0 Å². The molecule has 0 saturated carbocycles. The van der Waals surface area contributed by atoms with Gasteiger partial charge >= 0.3 is 0 Å². The molecule has 0 aliphatic carbocycles. The number of aryl methyl sites for hydroxylation is 1.